The van der Waals surface area contributed by atoms with Gasteiger partial charge in [0.15, 0.2) is 0 Å². The van der Waals surface area contributed by atoms with Gasteiger partial charge < -0.3 is 9.64 Å². The van der Waals surface area contributed by atoms with Gasteiger partial charge in [-0.3, -0.25) is 15.0 Å². The van der Waals surface area contributed by atoms with Crippen LogP contribution in [0.4, 0.5) is 10.5 Å². The number of nitrogens with zero attached hydrogens (tertiary/aromatic N) is 2. The molecule has 1 heterocycles. The number of piperazine rings is 1. The van der Waals surface area contributed by atoms with Crippen molar-refractivity contribution in [3.63, 3.8) is 0 Å². The van der Waals surface area contributed by atoms with Crippen molar-refractivity contribution in [2.75, 3.05) is 44.6 Å². The first-order chi connectivity index (χ1) is 14.5. The highest BCUT2D eigenvalue weighted by Gasteiger charge is 2.22. The van der Waals surface area contributed by atoms with E-state index in [0.717, 1.165) is 31.1 Å². The van der Waals surface area contributed by atoms with Crippen LogP contribution >= 0.6 is 11.6 Å². The first-order valence-corrected chi connectivity index (χ1v) is 10.3. The Balaban J connectivity index is 1.44. The van der Waals surface area contributed by atoms with Gasteiger partial charge in [-0.15, -0.1) is 0 Å². The lowest BCUT2D eigenvalue weighted by Gasteiger charge is -2.34. The number of benzene rings is 2. The number of anilines is 1. The van der Waals surface area contributed by atoms with Gasteiger partial charge in [-0.25, -0.2) is 4.79 Å². The standard InChI is InChI=1S/C23H26ClN3O3/c1-2-17-30-23(29)25-21-9-5-19(6-10-21)22(28)27-15-13-26(14-16-27)12-11-18-3-7-20(24)8-4-18/h2-10H,1,11-17H2,(H,25,29). The Hall–Kier alpha value is -2.83. The molecular formula is C23H26ClN3O3. The monoisotopic (exact) mass is 427 g/mol. The Kier molecular flexibility index (Phi) is 7.88. The van der Waals surface area contributed by atoms with Gasteiger partial charge in [0.05, 0.1) is 0 Å². The second-order valence-electron chi connectivity index (χ2n) is 7.10. The van der Waals surface area contributed by atoms with Crippen LogP contribution in [0.1, 0.15) is 15.9 Å². The zero-order valence-electron chi connectivity index (χ0n) is 16.9. The molecule has 0 radical (unpaired) electrons. The summed E-state index contributed by atoms with van der Waals surface area (Å²) in [5.74, 6) is 0.00753. The SMILES string of the molecule is C=CCOC(=O)Nc1ccc(C(=O)N2CCN(CCc3ccc(Cl)cc3)CC2)cc1. The summed E-state index contributed by atoms with van der Waals surface area (Å²) < 4.78 is 4.88. The molecule has 1 N–H and O–H groups in total. The fraction of sp³-hybridized carbons (Fsp3) is 0.304. The van der Waals surface area contributed by atoms with Crippen LogP contribution in [0.25, 0.3) is 0 Å². The second-order valence-corrected chi connectivity index (χ2v) is 7.54. The van der Waals surface area contributed by atoms with E-state index < -0.39 is 6.09 Å². The molecule has 1 fully saturated rings. The molecule has 0 aromatic heterocycles. The minimum absolute atomic E-state index is 0.00753. The summed E-state index contributed by atoms with van der Waals surface area (Å²) in [7, 11) is 0. The van der Waals surface area contributed by atoms with E-state index in [-0.39, 0.29) is 12.5 Å². The van der Waals surface area contributed by atoms with Gasteiger partial charge >= 0.3 is 6.09 Å². The summed E-state index contributed by atoms with van der Waals surface area (Å²) in [4.78, 5) is 28.6. The van der Waals surface area contributed by atoms with E-state index in [0.29, 0.717) is 24.3 Å². The summed E-state index contributed by atoms with van der Waals surface area (Å²) in [5, 5.41) is 3.36. The lowest BCUT2D eigenvalue weighted by Crippen LogP contribution is -2.49. The number of carbonyl (C=O) groups is 2. The van der Waals surface area contributed by atoms with Crippen molar-refractivity contribution in [2.45, 2.75) is 6.42 Å². The maximum atomic E-state index is 12.8. The van der Waals surface area contributed by atoms with E-state index in [1.165, 1.54) is 11.6 Å². The predicted octanol–water partition coefficient (Wildman–Crippen LogP) is 4.08. The molecule has 0 saturated carbocycles. The maximum Gasteiger partial charge on any atom is 0.411 e. The zero-order chi connectivity index (χ0) is 21.3. The maximum absolute atomic E-state index is 12.8. The van der Waals surface area contributed by atoms with Gasteiger partial charge in [-0.2, -0.15) is 0 Å². The molecule has 7 heteroatoms. The number of halogens is 1. The Morgan fingerprint density at radius 3 is 2.33 bits per heavy atom. The Morgan fingerprint density at radius 2 is 1.70 bits per heavy atom. The molecule has 2 amide bonds. The quantitative estimate of drug-likeness (QED) is 0.676. The van der Waals surface area contributed by atoms with Gasteiger partial charge in [0, 0.05) is 49.0 Å². The Labute approximate surface area is 182 Å². The number of carbonyl (C=O) groups excluding carboxylic acids is 2. The lowest BCUT2D eigenvalue weighted by molar-refractivity contribution is 0.0638. The molecule has 30 heavy (non-hydrogen) atoms. The van der Waals surface area contributed by atoms with Crippen LogP contribution in [0, 0.1) is 0 Å². The minimum atomic E-state index is -0.552. The Bertz CT molecular complexity index is 860. The number of rotatable bonds is 7. The molecule has 0 unspecified atom stereocenters. The molecule has 0 bridgehead atoms. The molecule has 1 saturated heterocycles. The van der Waals surface area contributed by atoms with Crippen LogP contribution in [-0.4, -0.2) is 61.1 Å². The summed E-state index contributed by atoms with van der Waals surface area (Å²) >= 11 is 5.93. The molecule has 1 aliphatic rings. The molecule has 0 spiro atoms. The second kappa shape index (κ2) is 10.8. The van der Waals surface area contributed by atoms with Crippen molar-refractivity contribution in [1.29, 1.82) is 0 Å². The Morgan fingerprint density at radius 1 is 1.03 bits per heavy atom. The van der Waals surface area contributed by atoms with Gasteiger partial charge in [0.1, 0.15) is 6.61 Å². The van der Waals surface area contributed by atoms with Crippen LogP contribution in [0.3, 0.4) is 0 Å². The zero-order valence-corrected chi connectivity index (χ0v) is 17.6. The van der Waals surface area contributed by atoms with Crippen LogP contribution in [-0.2, 0) is 11.2 Å². The molecular weight excluding hydrogens is 402 g/mol. The highest BCUT2D eigenvalue weighted by molar-refractivity contribution is 6.30. The largest absolute Gasteiger partial charge is 0.445 e. The topological polar surface area (TPSA) is 61.9 Å². The first kappa shape index (κ1) is 21.9. The molecule has 2 aromatic rings. The average Bonchev–Trinajstić information content (AvgIpc) is 2.78. The fourth-order valence-corrected chi connectivity index (χ4v) is 3.41. The van der Waals surface area contributed by atoms with E-state index >= 15 is 0 Å². The van der Waals surface area contributed by atoms with E-state index in [9.17, 15) is 9.59 Å². The van der Waals surface area contributed by atoms with Crippen molar-refractivity contribution >= 4 is 29.3 Å². The van der Waals surface area contributed by atoms with Crippen molar-refractivity contribution in [3.05, 3.63) is 77.3 Å². The van der Waals surface area contributed by atoms with E-state index in [1.54, 1.807) is 24.3 Å². The van der Waals surface area contributed by atoms with Gasteiger partial charge in [-0.1, -0.05) is 36.4 Å². The van der Waals surface area contributed by atoms with Gasteiger partial charge in [0.2, 0.25) is 0 Å². The minimum Gasteiger partial charge on any atom is -0.445 e. The molecule has 0 aliphatic carbocycles. The molecule has 2 aromatic carbocycles. The first-order valence-electron chi connectivity index (χ1n) is 9.96. The van der Waals surface area contributed by atoms with Crippen LogP contribution in [0.5, 0.6) is 0 Å². The van der Waals surface area contributed by atoms with Crippen LogP contribution < -0.4 is 5.32 Å². The number of nitrogens with one attached hydrogen (secondary N) is 1. The summed E-state index contributed by atoms with van der Waals surface area (Å²) in [5.41, 5.74) is 2.45. The van der Waals surface area contributed by atoms with Crippen molar-refractivity contribution in [1.82, 2.24) is 9.80 Å². The van der Waals surface area contributed by atoms with Gasteiger partial charge in [-0.05, 0) is 48.4 Å². The molecule has 0 atom stereocenters. The third-order valence-corrected chi connectivity index (χ3v) is 5.25. The summed E-state index contributed by atoms with van der Waals surface area (Å²) in [6.45, 7) is 7.72. The van der Waals surface area contributed by atoms with E-state index in [1.807, 2.05) is 17.0 Å². The fourth-order valence-electron chi connectivity index (χ4n) is 3.28. The lowest BCUT2D eigenvalue weighted by atomic mass is 10.1. The number of ether oxygens (including phenoxy) is 1. The van der Waals surface area contributed by atoms with Crippen LogP contribution in [0.15, 0.2) is 61.2 Å². The number of hydrogen-bond acceptors (Lipinski definition) is 4. The highest BCUT2D eigenvalue weighted by Crippen LogP contribution is 2.15. The van der Waals surface area contributed by atoms with Crippen molar-refractivity contribution < 1.29 is 14.3 Å². The number of hydrogen-bond donors (Lipinski definition) is 1. The van der Waals surface area contributed by atoms with Crippen molar-refractivity contribution in [2.24, 2.45) is 0 Å². The van der Waals surface area contributed by atoms with E-state index in [4.69, 9.17) is 16.3 Å². The van der Waals surface area contributed by atoms with Gasteiger partial charge in [0.25, 0.3) is 5.91 Å². The smallest absolute Gasteiger partial charge is 0.411 e. The van der Waals surface area contributed by atoms with E-state index in [2.05, 4.69) is 28.9 Å². The third kappa shape index (κ3) is 6.34. The normalized spacial score (nSPS) is 14.2. The highest BCUT2D eigenvalue weighted by atomic mass is 35.5. The molecule has 6 nitrogen and oxygen atoms in total. The molecule has 3 rings (SSSR count). The van der Waals surface area contributed by atoms with Crippen LogP contribution in [0.2, 0.25) is 5.02 Å². The third-order valence-electron chi connectivity index (χ3n) is 5.00. The molecule has 1 aliphatic heterocycles. The predicted molar refractivity (Wildman–Crippen MR) is 119 cm³/mol. The molecule has 158 valence electrons. The average molecular weight is 428 g/mol. The number of amides is 2. The summed E-state index contributed by atoms with van der Waals surface area (Å²) in [6, 6.07) is 14.8. The summed E-state index contributed by atoms with van der Waals surface area (Å²) in [6.07, 6.45) is 1.91. The van der Waals surface area contributed by atoms with Crippen molar-refractivity contribution in [3.8, 4) is 0 Å².